The molecule has 2 saturated heterocycles. The lowest BCUT2D eigenvalue weighted by Crippen LogP contribution is -2.50. The van der Waals surface area contributed by atoms with Crippen LogP contribution in [0.4, 0.5) is 5.69 Å². The van der Waals surface area contributed by atoms with Crippen molar-refractivity contribution in [3.05, 3.63) is 29.3 Å². The fraction of sp³-hybridized carbons (Fsp3) is 0.611. The summed E-state index contributed by atoms with van der Waals surface area (Å²) in [5.41, 5.74) is 0.688. The maximum absolute atomic E-state index is 12.2. The van der Waals surface area contributed by atoms with Crippen molar-refractivity contribution in [3.63, 3.8) is 0 Å². The van der Waals surface area contributed by atoms with Crippen LogP contribution in [0.1, 0.15) is 12.8 Å². The smallest absolute Gasteiger partial charge is 0.238 e. The van der Waals surface area contributed by atoms with Crippen molar-refractivity contribution in [2.45, 2.75) is 12.8 Å². The quantitative estimate of drug-likeness (QED) is 0.814. The number of piperazine rings is 1. The van der Waals surface area contributed by atoms with Crippen LogP contribution in [0.15, 0.2) is 24.3 Å². The van der Waals surface area contributed by atoms with Crippen LogP contribution in [0.25, 0.3) is 0 Å². The first-order valence-electron chi connectivity index (χ1n) is 8.90. The number of hydrogen-bond donors (Lipinski definition) is 2. The third-order valence-corrected chi connectivity index (χ3v) is 5.22. The Morgan fingerprint density at radius 2 is 1.92 bits per heavy atom. The van der Waals surface area contributed by atoms with E-state index in [1.54, 1.807) is 6.07 Å². The van der Waals surface area contributed by atoms with E-state index in [2.05, 4.69) is 20.4 Å². The molecule has 2 N–H and O–H groups in total. The molecule has 140 valence electrons. The topological polar surface area (TPSA) is 47.6 Å². The highest BCUT2D eigenvalue weighted by molar-refractivity contribution is 6.33. The summed E-state index contributed by atoms with van der Waals surface area (Å²) in [5, 5.41) is 6.97. The summed E-state index contributed by atoms with van der Waals surface area (Å²) < 4.78 is 0. The number of para-hydroxylation sites is 1. The zero-order chi connectivity index (χ0) is 16.8. The van der Waals surface area contributed by atoms with E-state index in [-0.39, 0.29) is 18.3 Å². The minimum Gasteiger partial charge on any atom is -0.324 e. The molecule has 2 aliphatic heterocycles. The number of amides is 1. The van der Waals surface area contributed by atoms with Gasteiger partial charge in [0.1, 0.15) is 0 Å². The molecular formula is C18H28Cl2N4O. The number of anilines is 1. The molecule has 0 bridgehead atoms. The number of nitrogens with zero attached hydrogens (tertiary/aromatic N) is 2. The molecule has 0 aromatic heterocycles. The van der Waals surface area contributed by atoms with Gasteiger partial charge in [-0.15, -0.1) is 12.4 Å². The van der Waals surface area contributed by atoms with E-state index in [4.69, 9.17) is 11.6 Å². The van der Waals surface area contributed by atoms with Gasteiger partial charge in [-0.25, -0.2) is 0 Å². The molecule has 25 heavy (non-hydrogen) atoms. The molecule has 0 spiro atoms. The van der Waals surface area contributed by atoms with Crippen LogP contribution in [0.2, 0.25) is 5.02 Å². The fourth-order valence-electron chi connectivity index (χ4n) is 3.53. The first-order valence-corrected chi connectivity index (χ1v) is 9.28. The Kier molecular flexibility index (Phi) is 8.46. The second-order valence-corrected chi connectivity index (χ2v) is 7.22. The first kappa shape index (κ1) is 20.5. The Hall–Kier alpha value is -0.850. The number of halogens is 2. The van der Waals surface area contributed by atoms with Crippen molar-refractivity contribution in [1.82, 2.24) is 15.1 Å². The van der Waals surface area contributed by atoms with Gasteiger partial charge in [0, 0.05) is 32.7 Å². The Bertz CT molecular complexity index is 544. The summed E-state index contributed by atoms with van der Waals surface area (Å²) in [6, 6.07) is 7.35. The monoisotopic (exact) mass is 386 g/mol. The highest BCUT2D eigenvalue weighted by Crippen LogP contribution is 2.20. The molecule has 2 aliphatic rings. The van der Waals surface area contributed by atoms with E-state index in [0.29, 0.717) is 17.3 Å². The van der Waals surface area contributed by atoms with Crippen LogP contribution in [0.3, 0.4) is 0 Å². The van der Waals surface area contributed by atoms with Crippen molar-refractivity contribution >= 4 is 35.6 Å². The normalized spacial score (nSPS) is 22.2. The zero-order valence-electron chi connectivity index (χ0n) is 14.5. The molecule has 5 nitrogen and oxygen atoms in total. The maximum atomic E-state index is 12.2. The molecule has 1 unspecified atom stereocenters. The maximum Gasteiger partial charge on any atom is 0.238 e. The van der Waals surface area contributed by atoms with Crippen molar-refractivity contribution in [2.24, 2.45) is 5.92 Å². The molecule has 3 rings (SSSR count). The number of hydrogen-bond acceptors (Lipinski definition) is 4. The fourth-order valence-corrected chi connectivity index (χ4v) is 3.71. The van der Waals surface area contributed by atoms with E-state index >= 15 is 0 Å². The molecule has 2 fully saturated rings. The van der Waals surface area contributed by atoms with Gasteiger partial charge in [-0.3, -0.25) is 9.69 Å². The van der Waals surface area contributed by atoms with Gasteiger partial charge in [-0.1, -0.05) is 23.7 Å². The molecule has 7 heteroatoms. The second-order valence-electron chi connectivity index (χ2n) is 6.82. The number of carbonyl (C=O) groups is 1. The van der Waals surface area contributed by atoms with Gasteiger partial charge >= 0.3 is 0 Å². The summed E-state index contributed by atoms with van der Waals surface area (Å²) >= 11 is 6.08. The summed E-state index contributed by atoms with van der Waals surface area (Å²) in [6.07, 6.45) is 2.64. The highest BCUT2D eigenvalue weighted by Gasteiger charge is 2.22. The Labute approximate surface area is 161 Å². The van der Waals surface area contributed by atoms with Crippen LogP contribution in [0.5, 0.6) is 0 Å². The van der Waals surface area contributed by atoms with Crippen LogP contribution in [-0.2, 0) is 4.79 Å². The molecule has 0 aliphatic carbocycles. The molecule has 1 aromatic carbocycles. The summed E-state index contributed by atoms with van der Waals surface area (Å²) in [6.45, 7) is 7.96. The number of rotatable bonds is 5. The van der Waals surface area contributed by atoms with E-state index in [1.807, 2.05) is 18.2 Å². The van der Waals surface area contributed by atoms with E-state index in [0.717, 1.165) is 38.6 Å². The third-order valence-electron chi connectivity index (χ3n) is 4.90. The van der Waals surface area contributed by atoms with Gasteiger partial charge in [0.05, 0.1) is 17.3 Å². The second kappa shape index (κ2) is 10.3. The zero-order valence-corrected chi connectivity index (χ0v) is 16.1. The lowest BCUT2D eigenvalue weighted by atomic mass is 9.99. The van der Waals surface area contributed by atoms with Gasteiger partial charge in [0.15, 0.2) is 0 Å². The Balaban J connectivity index is 0.00000225. The minimum atomic E-state index is 0. The van der Waals surface area contributed by atoms with Crippen LogP contribution >= 0.6 is 24.0 Å². The standard InChI is InChI=1S/C18H27ClN4O.ClH/c19-16-5-1-2-6-17(16)21-18(24)14-23-10-8-22(9-11-23)13-15-4-3-7-20-12-15;/h1-2,5-6,15,20H,3-4,7-14H2,(H,21,24);1H. The van der Waals surface area contributed by atoms with Crippen molar-refractivity contribution in [1.29, 1.82) is 0 Å². The van der Waals surface area contributed by atoms with E-state index < -0.39 is 0 Å². The van der Waals surface area contributed by atoms with Crippen LogP contribution in [-0.4, -0.2) is 68.1 Å². The SMILES string of the molecule is Cl.O=C(CN1CCN(CC2CCCNC2)CC1)Nc1ccccc1Cl. The molecule has 2 heterocycles. The van der Waals surface area contributed by atoms with Gasteiger partial charge in [-0.05, 0) is 44.0 Å². The predicted octanol–water partition coefficient (Wildman–Crippen LogP) is 2.32. The number of benzene rings is 1. The lowest BCUT2D eigenvalue weighted by Gasteiger charge is -2.37. The lowest BCUT2D eigenvalue weighted by molar-refractivity contribution is -0.117. The molecule has 0 saturated carbocycles. The summed E-state index contributed by atoms with van der Waals surface area (Å²) in [4.78, 5) is 17.0. The van der Waals surface area contributed by atoms with Crippen LogP contribution in [0, 0.1) is 5.92 Å². The predicted molar refractivity (Wildman–Crippen MR) is 106 cm³/mol. The molecule has 1 aromatic rings. The number of carbonyl (C=O) groups excluding carboxylic acids is 1. The summed E-state index contributed by atoms with van der Waals surface area (Å²) in [5.74, 6) is 0.793. The van der Waals surface area contributed by atoms with Gasteiger partial charge in [0.25, 0.3) is 0 Å². The summed E-state index contributed by atoms with van der Waals surface area (Å²) in [7, 11) is 0. The highest BCUT2D eigenvalue weighted by atomic mass is 35.5. The van der Waals surface area contributed by atoms with Crippen molar-refractivity contribution in [2.75, 3.05) is 57.7 Å². The molecule has 0 radical (unpaired) electrons. The van der Waals surface area contributed by atoms with Crippen LogP contribution < -0.4 is 10.6 Å². The Morgan fingerprint density at radius 1 is 1.20 bits per heavy atom. The van der Waals surface area contributed by atoms with Crippen molar-refractivity contribution in [3.8, 4) is 0 Å². The first-order chi connectivity index (χ1) is 11.7. The van der Waals surface area contributed by atoms with Gasteiger partial charge in [0.2, 0.25) is 5.91 Å². The molecule has 1 atom stereocenters. The number of piperidine rings is 1. The third kappa shape index (κ3) is 6.42. The Morgan fingerprint density at radius 3 is 2.60 bits per heavy atom. The van der Waals surface area contributed by atoms with E-state index in [9.17, 15) is 4.79 Å². The van der Waals surface area contributed by atoms with Crippen molar-refractivity contribution < 1.29 is 4.79 Å². The van der Waals surface area contributed by atoms with Gasteiger partial charge in [-0.2, -0.15) is 0 Å². The molecular weight excluding hydrogens is 359 g/mol. The average Bonchev–Trinajstić information content (AvgIpc) is 2.60. The molecule has 1 amide bonds. The van der Waals surface area contributed by atoms with Gasteiger partial charge < -0.3 is 15.5 Å². The average molecular weight is 387 g/mol. The largest absolute Gasteiger partial charge is 0.324 e. The minimum absolute atomic E-state index is 0. The van der Waals surface area contributed by atoms with E-state index in [1.165, 1.54) is 25.9 Å². The number of nitrogens with one attached hydrogen (secondary N) is 2.